The number of carbonyl (C=O) groups is 1. The second kappa shape index (κ2) is 8.76. The van der Waals surface area contributed by atoms with Crippen LogP contribution in [-0.2, 0) is 14.6 Å². The van der Waals surface area contributed by atoms with Gasteiger partial charge in [-0.1, -0.05) is 6.92 Å². The molecule has 0 unspecified atom stereocenters. The predicted molar refractivity (Wildman–Crippen MR) is 133 cm³/mol. The molecule has 178 valence electrons. The van der Waals surface area contributed by atoms with Crippen LogP contribution in [0.2, 0.25) is 0 Å². The number of aromatic nitrogens is 1. The number of nitrogens with one attached hydrogen (secondary N) is 1. The van der Waals surface area contributed by atoms with E-state index in [9.17, 15) is 13.2 Å². The number of ether oxygens (including phenoxy) is 2. The van der Waals surface area contributed by atoms with Crippen molar-refractivity contribution < 1.29 is 22.7 Å². The smallest absolute Gasteiger partial charge is 0.283 e. The van der Waals surface area contributed by atoms with Crippen molar-refractivity contribution in [3.63, 3.8) is 0 Å². The summed E-state index contributed by atoms with van der Waals surface area (Å²) < 4.78 is 41.6. The van der Waals surface area contributed by atoms with E-state index in [2.05, 4.69) is 9.39 Å². The topological polar surface area (TPSA) is 126 Å². The van der Waals surface area contributed by atoms with E-state index < -0.39 is 15.7 Å². The van der Waals surface area contributed by atoms with Crippen LogP contribution in [-0.4, -0.2) is 59.9 Å². The highest BCUT2D eigenvalue weighted by Gasteiger charge is 2.42. The Morgan fingerprint density at radius 1 is 1.18 bits per heavy atom. The Labute approximate surface area is 201 Å². The van der Waals surface area contributed by atoms with Crippen LogP contribution in [0, 0.1) is 19.3 Å². The van der Waals surface area contributed by atoms with Gasteiger partial charge < -0.3 is 14.0 Å². The summed E-state index contributed by atoms with van der Waals surface area (Å²) in [7, 11) is -0.556. The SMILES string of the molecule is CCS(=O)(=O)C1=NSC2=NC(=O)/C(=C\c3cc(C)n(-c4ccc(OC)cc4OC)c3C)C(=N)N21. The number of nitrogens with zero attached hydrogens (tertiary/aromatic N) is 4. The van der Waals surface area contributed by atoms with Gasteiger partial charge in [0, 0.05) is 17.5 Å². The van der Waals surface area contributed by atoms with E-state index >= 15 is 0 Å². The van der Waals surface area contributed by atoms with Crippen LogP contribution in [0.1, 0.15) is 23.9 Å². The maximum absolute atomic E-state index is 12.7. The molecule has 1 aromatic carbocycles. The largest absolute Gasteiger partial charge is 0.497 e. The fraction of sp³-hybridized carbons (Fsp3) is 0.273. The molecule has 0 atom stereocenters. The predicted octanol–water partition coefficient (Wildman–Crippen LogP) is 3.12. The molecule has 0 radical (unpaired) electrons. The maximum Gasteiger partial charge on any atom is 0.283 e. The van der Waals surface area contributed by atoms with Crippen molar-refractivity contribution in [3.05, 3.63) is 46.8 Å². The van der Waals surface area contributed by atoms with Gasteiger partial charge in [0.1, 0.15) is 17.3 Å². The van der Waals surface area contributed by atoms with Gasteiger partial charge in [-0.25, -0.2) is 13.3 Å². The van der Waals surface area contributed by atoms with Crippen LogP contribution >= 0.6 is 11.9 Å². The molecule has 12 heteroatoms. The van der Waals surface area contributed by atoms with E-state index in [4.69, 9.17) is 14.9 Å². The van der Waals surface area contributed by atoms with Crippen LogP contribution < -0.4 is 9.47 Å². The van der Waals surface area contributed by atoms with Gasteiger partial charge in [0.05, 0.1) is 43.2 Å². The van der Waals surface area contributed by atoms with Crippen molar-refractivity contribution in [2.75, 3.05) is 20.0 Å². The van der Waals surface area contributed by atoms with Gasteiger partial charge in [-0.2, -0.15) is 9.39 Å². The van der Waals surface area contributed by atoms with Crippen molar-refractivity contribution >= 4 is 49.9 Å². The van der Waals surface area contributed by atoms with Crippen molar-refractivity contribution in [1.29, 1.82) is 5.41 Å². The van der Waals surface area contributed by atoms with Gasteiger partial charge in [-0.05, 0) is 43.7 Å². The van der Waals surface area contributed by atoms with Gasteiger partial charge in [0.25, 0.3) is 5.91 Å². The Morgan fingerprint density at radius 3 is 2.56 bits per heavy atom. The minimum atomic E-state index is -3.71. The summed E-state index contributed by atoms with van der Waals surface area (Å²) in [5.74, 6) is 0.184. The maximum atomic E-state index is 12.7. The fourth-order valence-corrected chi connectivity index (χ4v) is 5.72. The van der Waals surface area contributed by atoms with Gasteiger partial charge in [-0.15, -0.1) is 0 Å². The first-order chi connectivity index (χ1) is 16.1. The molecule has 1 amide bonds. The molecule has 10 nitrogen and oxygen atoms in total. The summed E-state index contributed by atoms with van der Waals surface area (Å²) in [6, 6.07) is 7.36. The number of aliphatic imine (C=N–C) groups is 1. The first-order valence-corrected chi connectivity index (χ1v) is 12.7. The van der Waals surface area contributed by atoms with E-state index in [1.165, 1.54) is 6.92 Å². The number of fused-ring (bicyclic) bond motifs is 1. The summed E-state index contributed by atoms with van der Waals surface area (Å²) in [4.78, 5) is 17.8. The van der Waals surface area contributed by atoms with E-state index in [0.29, 0.717) is 17.1 Å². The number of hydrogen-bond acceptors (Lipinski definition) is 8. The lowest BCUT2D eigenvalue weighted by atomic mass is 10.1. The highest BCUT2D eigenvalue weighted by molar-refractivity contribution is 8.16. The van der Waals surface area contributed by atoms with Crippen LogP contribution in [0.5, 0.6) is 11.5 Å². The second-order valence-electron chi connectivity index (χ2n) is 7.51. The molecule has 0 bridgehead atoms. The van der Waals surface area contributed by atoms with Crippen LogP contribution in [0.4, 0.5) is 0 Å². The standard InChI is InChI=1S/C22H23N5O5S2/c1-6-34(29,30)22-25-33-21-24-20(28)16(19(23)27(21)22)10-14-9-12(2)26(13(14)3)17-8-7-15(31-4)11-18(17)32-5/h7-11,23H,6H2,1-5H3/b16-10-,23-19?. The van der Waals surface area contributed by atoms with Gasteiger partial charge in [0.15, 0.2) is 0 Å². The van der Waals surface area contributed by atoms with Gasteiger partial charge in [0.2, 0.25) is 20.2 Å². The Morgan fingerprint density at radius 2 is 1.91 bits per heavy atom. The average molecular weight is 502 g/mol. The molecule has 3 heterocycles. The molecule has 2 aliphatic heterocycles. The molecule has 34 heavy (non-hydrogen) atoms. The minimum Gasteiger partial charge on any atom is -0.497 e. The molecule has 4 rings (SSSR count). The number of rotatable bonds is 5. The number of hydrogen-bond donors (Lipinski definition) is 1. The molecule has 2 aromatic rings. The van der Waals surface area contributed by atoms with Crippen molar-refractivity contribution in [2.24, 2.45) is 9.39 Å². The summed E-state index contributed by atoms with van der Waals surface area (Å²) in [5.41, 5.74) is 3.12. The second-order valence-corrected chi connectivity index (χ2v) is 10.4. The number of amides is 1. The van der Waals surface area contributed by atoms with Crippen molar-refractivity contribution in [2.45, 2.75) is 20.8 Å². The minimum absolute atomic E-state index is 0.0211. The molecule has 1 N–H and O–H groups in total. The number of methoxy groups -OCH3 is 2. The summed E-state index contributed by atoms with van der Waals surface area (Å²) in [6.07, 6.45) is 1.55. The third-order valence-corrected chi connectivity index (χ3v) is 7.96. The number of benzene rings is 1. The van der Waals surface area contributed by atoms with Crippen LogP contribution in [0.15, 0.2) is 39.2 Å². The first kappa shape index (κ1) is 23.8. The average Bonchev–Trinajstić information content (AvgIpc) is 3.37. The first-order valence-electron chi connectivity index (χ1n) is 10.3. The van der Waals surface area contributed by atoms with E-state index in [0.717, 1.165) is 33.9 Å². The fourth-order valence-electron chi connectivity index (χ4n) is 3.76. The van der Waals surface area contributed by atoms with Crippen molar-refractivity contribution in [1.82, 2.24) is 9.47 Å². The van der Waals surface area contributed by atoms with E-state index in [-0.39, 0.29) is 27.5 Å². The normalized spacial score (nSPS) is 17.1. The monoisotopic (exact) mass is 501 g/mol. The summed E-state index contributed by atoms with van der Waals surface area (Å²) in [6.45, 7) is 5.29. The van der Waals surface area contributed by atoms with Crippen LogP contribution in [0.3, 0.4) is 0 Å². The molecular formula is C22H23N5O5S2. The lowest BCUT2D eigenvalue weighted by molar-refractivity contribution is -0.114. The third-order valence-electron chi connectivity index (χ3n) is 5.55. The summed E-state index contributed by atoms with van der Waals surface area (Å²) >= 11 is 0.774. The van der Waals surface area contributed by atoms with E-state index in [1.54, 1.807) is 26.4 Å². The van der Waals surface area contributed by atoms with Gasteiger partial charge >= 0.3 is 0 Å². The molecule has 0 saturated carbocycles. The van der Waals surface area contributed by atoms with Crippen LogP contribution in [0.25, 0.3) is 11.8 Å². The number of sulfone groups is 1. The molecule has 0 spiro atoms. The molecular weight excluding hydrogens is 478 g/mol. The molecule has 0 fully saturated rings. The Bertz CT molecular complexity index is 1420. The molecule has 1 aromatic heterocycles. The highest BCUT2D eigenvalue weighted by Crippen LogP contribution is 2.34. The number of aryl methyl sites for hydroxylation is 1. The zero-order valence-electron chi connectivity index (χ0n) is 19.2. The Hall–Kier alpha value is -3.38. The lowest BCUT2D eigenvalue weighted by Gasteiger charge is -2.24. The quantitative estimate of drug-likeness (QED) is 0.493. The van der Waals surface area contributed by atoms with Gasteiger partial charge in [-0.3, -0.25) is 10.2 Å². The molecule has 0 saturated heterocycles. The Balaban J connectivity index is 1.79. The lowest BCUT2D eigenvalue weighted by Crippen LogP contribution is -2.45. The number of carbonyl (C=O) groups excluding carboxylic acids is 1. The summed E-state index contributed by atoms with van der Waals surface area (Å²) in [5, 5.41) is 8.38. The zero-order valence-corrected chi connectivity index (χ0v) is 20.9. The Kier molecular flexibility index (Phi) is 6.13. The molecule has 0 aliphatic carbocycles. The van der Waals surface area contributed by atoms with E-state index in [1.807, 2.05) is 36.6 Å². The highest BCUT2D eigenvalue weighted by atomic mass is 32.2. The zero-order chi connectivity index (χ0) is 24.8. The molecule has 2 aliphatic rings. The number of amidine groups is 3. The van der Waals surface area contributed by atoms with Crippen molar-refractivity contribution in [3.8, 4) is 17.2 Å². The third kappa shape index (κ3) is 3.82.